The minimum absolute atomic E-state index is 0.124. The summed E-state index contributed by atoms with van der Waals surface area (Å²) in [6.07, 6.45) is 22.2. The molecule has 0 aromatic carbocycles. The predicted molar refractivity (Wildman–Crippen MR) is 134 cm³/mol. The Labute approximate surface area is 194 Å². The zero-order valence-corrected chi connectivity index (χ0v) is 20.9. The molecule has 5 nitrogen and oxygen atoms in total. The van der Waals surface area contributed by atoms with Gasteiger partial charge in [0.2, 0.25) is 0 Å². The standard InChI is InChI=1S/C26H56N2O3/c1-2-3-4-5-6-7-8-9-10-11-12-13-14-15-16-17-18-27(21-24-29)19-20-28(22-25-30)23-26-31/h29-31H,2-26H2,1H3. The first-order chi connectivity index (χ1) is 15.3. The third-order valence-corrected chi connectivity index (χ3v) is 6.31. The highest BCUT2D eigenvalue weighted by atomic mass is 16.3. The monoisotopic (exact) mass is 444 g/mol. The molecule has 0 aromatic rings. The minimum Gasteiger partial charge on any atom is -0.395 e. The maximum atomic E-state index is 9.31. The number of rotatable bonds is 26. The van der Waals surface area contributed by atoms with Crippen molar-refractivity contribution in [2.45, 2.75) is 110 Å². The summed E-state index contributed by atoms with van der Waals surface area (Å²) in [5.74, 6) is 0. The van der Waals surface area contributed by atoms with Gasteiger partial charge >= 0.3 is 0 Å². The van der Waals surface area contributed by atoms with Crippen LogP contribution < -0.4 is 0 Å². The maximum absolute atomic E-state index is 9.31. The quantitative estimate of drug-likeness (QED) is 0.167. The van der Waals surface area contributed by atoms with E-state index >= 15 is 0 Å². The Kier molecular flexibility index (Phi) is 25.9. The molecule has 31 heavy (non-hydrogen) atoms. The van der Waals surface area contributed by atoms with E-state index in [1.54, 1.807) is 0 Å². The van der Waals surface area contributed by atoms with Crippen LogP contribution in [0.2, 0.25) is 0 Å². The fourth-order valence-electron chi connectivity index (χ4n) is 4.26. The van der Waals surface area contributed by atoms with Gasteiger partial charge in [-0.05, 0) is 13.0 Å². The van der Waals surface area contributed by atoms with Crippen LogP contribution in [0.3, 0.4) is 0 Å². The summed E-state index contributed by atoms with van der Waals surface area (Å²) in [4.78, 5) is 4.39. The third kappa shape index (κ3) is 22.8. The van der Waals surface area contributed by atoms with E-state index in [2.05, 4.69) is 16.7 Å². The van der Waals surface area contributed by atoms with E-state index < -0.39 is 0 Å². The Balaban J connectivity index is 3.49. The van der Waals surface area contributed by atoms with Crippen molar-refractivity contribution in [2.24, 2.45) is 0 Å². The molecule has 0 fully saturated rings. The van der Waals surface area contributed by atoms with Gasteiger partial charge in [0.1, 0.15) is 0 Å². The van der Waals surface area contributed by atoms with Crippen LogP contribution in [0, 0.1) is 0 Å². The first-order valence-electron chi connectivity index (χ1n) is 13.6. The molecular formula is C26H56N2O3. The van der Waals surface area contributed by atoms with Gasteiger partial charge in [0, 0.05) is 32.7 Å². The molecule has 0 rings (SSSR count). The van der Waals surface area contributed by atoms with Gasteiger partial charge in [0.15, 0.2) is 0 Å². The lowest BCUT2D eigenvalue weighted by Gasteiger charge is -2.26. The molecule has 0 aromatic heterocycles. The molecule has 0 amide bonds. The lowest BCUT2D eigenvalue weighted by atomic mass is 10.0. The van der Waals surface area contributed by atoms with Crippen molar-refractivity contribution in [3.8, 4) is 0 Å². The van der Waals surface area contributed by atoms with E-state index in [1.807, 2.05) is 0 Å². The lowest BCUT2D eigenvalue weighted by Crippen LogP contribution is -2.39. The topological polar surface area (TPSA) is 67.2 Å². The van der Waals surface area contributed by atoms with Crippen LogP contribution in [-0.2, 0) is 0 Å². The van der Waals surface area contributed by atoms with Crippen LogP contribution in [-0.4, -0.2) is 84.2 Å². The maximum Gasteiger partial charge on any atom is 0.0558 e. The van der Waals surface area contributed by atoms with Crippen molar-refractivity contribution in [3.05, 3.63) is 0 Å². The summed E-state index contributed by atoms with van der Waals surface area (Å²) in [6.45, 7) is 7.40. The normalized spacial score (nSPS) is 11.8. The van der Waals surface area contributed by atoms with Gasteiger partial charge in [0.05, 0.1) is 19.8 Å². The van der Waals surface area contributed by atoms with E-state index in [-0.39, 0.29) is 19.8 Å². The Morgan fingerprint density at radius 1 is 0.355 bits per heavy atom. The highest BCUT2D eigenvalue weighted by molar-refractivity contribution is 4.64. The molecule has 0 aliphatic carbocycles. The van der Waals surface area contributed by atoms with Crippen molar-refractivity contribution < 1.29 is 15.3 Å². The second-order valence-electron chi connectivity index (χ2n) is 9.16. The van der Waals surface area contributed by atoms with E-state index in [0.717, 1.165) is 19.6 Å². The first kappa shape index (κ1) is 30.8. The third-order valence-electron chi connectivity index (χ3n) is 6.31. The second-order valence-corrected chi connectivity index (χ2v) is 9.16. The Hall–Kier alpha value is -0.200. The minimum atomic E-state index is 0.124. The molecule has 0 aliphatic rings. The van der Waals surface area contributed by atoms with Gasteiger partial charge in [-0.1, -0.05) is 103 Å². The molecule has 0 saturated carbocycles. The number of aliphatic hydroxyl groups is 3. The molecule has 0 aliphatic heterocycles. The van der Waals surface area contributed by atoms with Gasteiger partial charge < -0.3 is 15.3 Å². The molecule has 0 radical (unpaired) electrons. The average molecular weight is 445 g/mol. The molecule has 0 heterocycles. The van der Waals surface area contributed by atoms with Crippen LogP contribution in [0.1, 0.15) is 110 Å². The summed E-state index contributed by atoms with van der Waals surface area (Å²) < 4.78 is 0. The van der Waals surface area contributed by atoms with Crippen molar-refractivity contribution in [1.82, 2.24) is 9.80 Å². The van der Waals surface area contributed by atoms with Gasteiger partial charge in [-0.15, -0.1) is 0 Å². The van der Waals surface area contributed by atoms with E-state index in [4.69, 9.17) is 10.2 Å². The summed E-state index contributed by atoms with van der Waals surface area (Å²) >= 11 is 0. The highest BCUT2D eigenvalue weighted by Crippen LogP contribution is 2.13. The summed E-state index contributed by atoms with van der Waals surface area (Å²) in [5.41, 5.74) is 0. The van der Waals surface area contributed by atoms with Crippen LogP contribution in [0.25, 0.3) is 0 Å². The summed E-state index contributed by atoms with van der Waals surface area (Å²) in [6, 6.07) is 0. The van der Waals surface area contributed by atoms with Crippen molar-refractivity contribution in [3.63, 3.8) is 0 Å². The molecule has 0 bridgehead atoms. The number of unbranched alkanes of at least 4 members (excludes halogenated alkanes) is 15. The van der Waals surface area contributed by atoms with Crippen LogP contribution in [0.15, 0.2) is 0 Å². The van der Waals surface area contributed by atoms with Gasteiger partial charge in [0.25, 0.3) is 0 Å². The average Bonchev–Trinajstić information content (AvgIpc) is 2.77. The molecular weight excluding hydrogens is 388 g/mol. The number of aliphatic hydroxyl groups excluding tert-OH is 3. The Morgan fingerprint density at radius 3 is 0.968 bits per heavy atom. The number of hydrogen-bond acceptors (Lipinski definition) is 5. The molecule has 188 valence electrons. The molecule has 3 N–H and O–H groups in total. The Bertz CT molecular complexity index is 326. The number of nitrogens with zero attached hydrogens (tertiary/aromatic N) is 2. The van der Waals surface area contributed by atoms with Crippen molar-refractivity contribution in [1.29, 1.82) is 0 Å². The summed E-state index contributed by atoms with van der Waals surface area (Å²) in [7, 11) is 0. The van der Waals surface area contributed by atoms with Crippen LogP contribution in [0.4, 0.5) is 0 Å². The lowest BCUT2D eigenvalue weighted by molar-refractivity contribution is 0.132. The van der Waals surface area contributed by atoms with Crippen LogP contribution in [0.5, 0.6) is 0 Å². The predicted octanol–water partition coefficient (Wildman–Crippen LogP) is 4.83. The molecule has 0 saturated heterocycles. The highest BCUT2D eigenvalue weighted by Gasteiger charge is 2.08. The van der Waals surface area contributed by atoms with Crippen molar-refractivity contribution in [2.75, 3.05) is 59.1 Å². The molecule has 5 heteroatoms. The van der Waals surface area contributed by atoms with E-state index in [0.29, 0.717) is 19.6 Å². The SMILES string of the molecule is CCCCCCCCCCCCCCCCCCN(CCO)CCN(CCO)CCO. The molecule has 0 unspecified atom stereocenters. The van der Waals surface area contributed by atoms with Crippen LogP contribution >= 0.6 is 0 Å². The fraction of sp³-hybridized carbons (Fsp3) is 1.00. The Morgan fingerprint density at radius 2 is 0.645 bits per heavy atom. The molecule has 0 atom stereocenters. The van der Waals surface area contributed by atoms with E-state index in [1.165, 1.54) is 103 Å². The summed E-state index contributed by atoms with van der Waals surface area (Å²) in [5, 5.41) is 27.5. The second kappa shape index (κ2) is 26.1. The van der Waals surface area contributed by atoms with Crippen molar-refractivity contribution >= 4 is 0 Å². The van der Waals surface area contributed by atoms with Gasteiger partial charge in [-0.25, -0.2) is 0 Å². The zero-order chi connectivity index (χ0) is 22.8. The fourth-order valence-corrected chi connectivity index (χ4v) is 4.26. The largest absolute Gasteiger partial charge is 0.395 e. The van der Waals surface area contributed by atoms with E-state index in [9.17, 15) is 5.11 Å². The molecule has 0 spiro atoms. The number of hydrogen-bond donors (Lipinski definition) is 3. The first-order valence-corrected chi connectivity index (χ1v) is 13.6. The van der Waals surface area contributed by atoms with Gasteiger partial charge in [-0.2, -0.15) is 0 Å². The smallest absolute Gasteiger partial charge is 0.0558 e. The zero-order valence-electron chi connectivity index (χ0n) is 20.9. The van der Waals surface area contributed by atoms with Gasteiger partial charge in [-0.3, -0.25) is 9.80 Å².